The molecular weight excluding hydrogens is 240 g/mol. The highest BCUT2D eigenvalue weighted by atomic mass is 32.1. The Hall–Kier alpha value is -0.900. The van der Waals surface area contributed by atoms with E-state index in [-0.39, 0.29) is 0 Å². The number of benzene rings is 1. The van der Waals surface area contributed by atoms with Crippen LogP contribution in [0, 0.1) is 0 Å². The van der Waals surface area contributed by atoms with Crippen LogP contribution in [0.3, 0.4) is 0 Å². The molecule has 1 fully saturated rings. The van der Waals surface area contributed by atoms with Gasteiger partial charge in [0.1, 0.15) is 0 Å². The number of fused-ring (bicyclic) bond motifs is 1. The van der Waals surface area contributed by atoms with Gasteiger partial charge in [0.2, 0.25) is 0 Å². The molecule has 0 spiro atoms. The molecule has 0 aliphatic heterocycles. The van der Waals surface area contributed by atoms with Crippen molar-refractivity contribution in [2.45, 2.75) is 44.8 Å². The molecule has 0 bridgehead atoms. The van der Waals surface area contributed by atoms with Crippen LogP contribution in [-0.4, -0.2) is 6.04 Å². The summed E-state index contributed by atoms with van der Waals surface area (Å²) in [6.45, 7) is 1.64. The van der Waals surface area contributed by atoms with E-state index in [1.165, 1.54) is 46.2 Å². The van der Waals surface area contributed by atoms with E-state index in [2.05, 4.69) is 29.6 Å². The molecule has 1 aromatic heterocycles. The highest BCUT2D eigenvalue weighted by molar-refractivity contribution is 7.19. The molecule has 0 amide bonds. The summed E-state index contributed by atoms with van der Waals surface area (Å²) in [5.41, 5.74) is 6.90. The van der Waals surface area contributed by atoms with Crippen molar-refractivity contribution >= 4 is 21.4 Å². The molecule has 1 aromatic carbocycles. The minimum Gasteiger partial charge on any atom is -0.326 e. The maximum Gasteiger partial charge on any atom is 0.0346 e. The van der Waals surface area contributed by atoms with Crippen molar-refractivity contribution in [1.29, 1.82) is 0 Å². The molecule has 3 rings (SSSR count). The van der Waals surface area contributed by atoms with Crippen molar-refractivity contribution in [3.8, 4) is 0 Å². The van der Waals surface area contributed by atoms with Crippen LogP contribution in [-0.2, 0) is 13.1 Å². The van der Waals surface area contributed by atoms with Gasteiger partial charge in [-0.05, 0) is 42.0 Å². The molecule has 1 heterocycles. The van der Waals surface area contributed by atoms with E-state index in [1.807, 2.05) is 11.3 Å². The van der Waals surface area contributed by atoms with Gasteiger partial charge >= 0.3 is 0 Å². The number of nitrogens with one attached hydrogen (secondary N) is 1. The zero-order valence-electron chi connectivity index (χ0n) is 10.6. The number of hydrogen-bond acceptors (Lipinski definition) is 3. The van der Waals surface area contributed by atoms with Crippen LogP contribution in [0.25, 0.3) is 10.1 Å². The Labute approximate surface area is 112 Å². The summed E-state index contributed by atoms with van der Waals surface area (Å²) in [5, 5.41) is 5.01. The maximum absolute atomic E-state index is 5.68. The van der Waals surface area contributed by atoms with E-state index in [4.69, 9.17) is 5.73 Å². The lowest BCUT2D eigenvalue weighted by Crippen LogP contribution is -2.24. The Kier molecular flexibility index (Phi) is 3.64. The first kappa shape index (κ1) is 12.2. The van der Waals surface area contributed by atoms with Gasteiger partial charge in [0.05, 0.1) is 0 Å². The summed E-state index contributed by atoms with van der Waals surface area (Å²) in [7, 11) is 0. The van der Waals surface area contributed by atoms with Crippen molar-refractivity contribution in [3.63, 3.8) is 0 Å². The fourth-order valence-corrected chi connectivity index (χ4v) is 3.73. The van der Waals surface area contributed by atoms with E-state index in [1.54, 1.807) is 0 Å². The molecule has 1 aliphatic carbocycles. The number of nitrogens with two attached hydrogens (primary N) is 1. The summed E-state index contributed by atoms with van der Waals surface area (Å²) >= 11 is 1.90. The standard InChI is InChI=1S/C15H20N2S/c16-9-11-5-6-15-12(7-11)8-14(18-15)10-17-13-3-1-2-4-13/h5-8,13,17H,1-4,9-10,16H2. The molecule has 18 heavy (non-hydrogen) atoms. The third-order valence-corrected chi connectivity index (χ3v) is 4.90. The predicted octanol–water partition coefficient (Wildman–Crippen LogP) is 3.39. The average Bonchev–Trinajstić information content (AvgIpc) is 3.04. The molecule has 2 aromatic rings. The molecule has 96 valence electrons. The summed E-state index contributed by atoms with van der Waals surface area (Å²) in [4.78, 5) is 1.44. The second kappa shape index (κ2) is 5.39. The third-order valence-electron chi connectivity index (χ3n) is 3.79. The van der Waals surface area contributed by atoms with Crippen molar-refractivity contribution in [1.82, 2.24) is 5.32 Å². The normalized spacial score (nSPS) is 16.7. The van der Waals surface area contributed by atoms with Crippen LogP contribution >= 0.6 is 11.3 Å². The minimum atomic E-state index is 0.626. The number of hydrogen-bond donors (Lipinski definition) is 2. The Morgan fingerprint density at radius 3 is 2.83 bits per heavy atom. The summed E-state index contributed by atoms with van der Waals surface area (Å²) in [6.07, 6.45) is 5.48. The quantitative estimate of drug-likeness (QED) is 0.884. The van der Waals surface area contributed by atoms with Gasteiger partial charge in [0, 0.05) is 28.7 Å². The van der Waals surface area contributed by atoms with Crippen LogP contribution in [0.15, 0.2) is 24.3 Å². The Bertz CT molecular complexity index is 526. The monoisotopic (exact) mass is 260 g/mol. The molecule has 0 unspecified atom stereocenters. The van der Waals surface area contributed by atoms with E-state index < -0.39 is 0 Å². The Morgan fingerprint density at radius 2 is 2.06 bits per heavy atom. The van der Waals surface area contributed by atoms with Crippen molar-refractivity contribution in [3.05, 3.63) is 34.7 Å². The molecular formula is C15H20N2S. The zero-order valence-corrected chi connectivity index (χ0v) is 11.4. The van der Waals surface area contributed by atoms with Gasteiger partial charge in [-0.1, -0.05) is 18.9 Å². The predicted molar refractivity (Wildman–Crippen MR) is 78.8 cm³/mol. The topological polar surface area (TPSA) is 38.0 Å². The average molecular weight is 260 g/mol. The molecule has 0 atom stereocenters. The van der Waals surface area contributed by atoms with Crippen molar-refractivity contribution < 1.29 is 0 Å². The summed E-state index contributed by atoms with van der Waals surface area (Å²) < 4.78 is 1.37. The van der Waals surface area contributed by atoms with E-state index in [0.29, 0.717) is 6.54 Å². The lowest BCUT2D eigenvalue weighted by atomic mass is 10.1. The van der Waals surface area contributed by atoms with Gasteiger partial charge in [0.15, 0.2) is 0 Å². The number of rotatable bonds is 4. The zero-order chi connectivity index (χ0) is 12.4. The van der Waals surface area contributed by atoms with E-state index >= 15 is 0 Å². The molecule has 3 heteroatoms. The third kappa shape index (κ3) is 2.58. The minimum absolute atomic E-state index is 0.626. The van der Waals surface area contributed by atoms with Gasteiger partial charge in [0.25, 0.3) is 0 Å². The molecule has 1 aliphatic rings. The second-order valence-corrected chi connectivity index (χ2v) is 6.32. The SMILES string of the molecule is NCc1ccc2sc(CNC3CCCC3)cc2c1. The molecule has 3 N–H and O–H groups in total. The fraction of sp³-hybridized carbons (Fsp3) is 0.467. The van der Waals surface area contributed by atoms with Gasteiger partial charge in [-0.3, -0.25) is 0 Å². The van der Waals surface area contributed by atoms with Crippen molar-refractivity contribution in [2.24, 2.45) is 5.73 Å². The molecule has 0 radical (unpaired) electrons. The van der Waals surface area contributed by atoms with Crippen LogP contribution in [0.2, 0.25) is 0 Å². The highest BCUT2D eigenvalue weighted by Gasteiger charge is 2.14. The van der Waals surface area contributed by atoms with Gasteiger partial charge in [-0.2, -0.15) is 0 Å². The second-order valence-electron chi connectivity index (χ2n) is 5.15. The van der Waals surface area contributed by atoms with Crippen LogP contribution < -0.4 is 11.1 Å². The molecule has 2 nitrogen and oxygen atoms in total. The first-order chi connectivity index (χ1) is 8.85. The van der Waals surface area contributed by atoms with Gasteiger partial charge < -0.3 is 11.1 Å². The van der Waals surface area contributed by atoms with E-state index in [0.717, 1.165) is 12.6 Å². The molecule has 0 saturated heterocycles. The molecule has 1 saturated carbocycles. The Balaban J connectivity index is 1.72. The first-order valence-corrected chi connectivity index (χ1v) is 7.61. The highest BCUT2D eigenvalue weighted by Crippen LogP contribution is 2.27. The van der Waals surface area contributed by atoms with Gasteiger partial charge in [-0.15, -0.1) is 11.3 Å². The smallest absolute Gasteiger partial charge is 0.0346 e. The Morgan fingerprint density at radius 1 is 1.22 bits per heavy atom. The maximum atomic E-state index is 5.68. The van der Waals surface area contributed by atoms with E-state index in [9.17, 15) is 0 Å². The van der Waals surface area contributed by atoms with Gasteiger partial charge in [-0.25, -0.2) is 0 Å². The first-order valence-electron chi connectivity index (χ1n) is 6.80. The van der Waals surface area contributed by atoms with Crippen LogP contribution in [0.4, 0.5) is 0 Å². The summed E-state index contributed by atoms with van der Waals surface area (Å²) in [5.74, 6) is 0. The fourth-order valence-electron chi connectivity index (χ4n) is 2.74. The lowest BCUT2D eigenvalue weighted by molar-refractivity contribution is 0.527. The van der Waals surface area contributed by atoms with Crippen LogP contribution in [0.1, 0.15) is 36.1 Å². The largest absolute Gasteiger partial charge is 0.326 e. The van der Waals surface area contributed by atoms with Crippen molar-refractivity contribution in [2.75, 3.05) is 0 Å². The lowest BCUT2D eigenvalue weighted by Gasteiger charge is -2.09. The summed E-state index contributed by atoms with van der Waals surface area (Å²) in [6, 6.07) is 9.59. The van der Waals surface area contributed by atoms with Crippen LogP contribution in [0.5, 0.6) is 0 Å². The number of thiophene rings is 1.